The SMILES string of the molecule is C=CCCCC(CCCCC)CCCCC.CC.CCCCCCCCC(CCCCCCCC)OC(=O)CCCCCCCOC[C@@H]1C[C@H](C(C)C(=O)CCN)CN1CCCCCCC(C)(C)C(C)=O. The lowest BCUT2D eigenvalue weighted by molar-refractivity contribution is -0.150. The van der Waals surface area contributed by atoms with E-state index in [0.29, 0.717) is 37.1 Å². The van der Waals surface area contributed by atoms with Gasteiger partial charge in [0.05, 0.1) is 6.61 Å². The number of nitrogens with zero attached hydrogens (tertiary/aromatic N) is 1. The smallest absolute Gasteiger partial charge is 0.306 e. The molecule has 1 unspecified atom stereocenters. The largest absolute Gasteiger partial charge is 0.462 e. The van der Waals surface area contributed by atoms with Crippen molar-refractivity contribution in [2.24, 2.45) is 28.9 Å². The Morgan fingerprint density at radius 3 is 1.68 bits per heavy atom. The molecule has 1 rings (SSSR count). The van der Waals surface area contributed by atoms with E-state index in [0.717, 1.165) is 109 Å². The second-order valence-electron chi connectivity index (χ2n) is 22.4. The van der Waals surface area contributed by atoms with Crippen LogP contribution in [0.2, 0.25) is 0 Å². The second kappa shape index (κ2) is 51.9. The molecule has 3 atom stereocenters. The van der Waals surface area contributed by atoms with Gasteiger partial charge in [-0.2, -0.15) is 0 Å². The monoisotopic (exact) mass is 1000 g/mol. The maximum absolute atomic E-state index is 12.8. The number of unbranched alkanes of at least 4 members (excludes halogenated alkanes) is 22. The number of esters is 1. The first-order valence-corrected chi connectivity index (χ1v) is 31.3. The van der Waals surface area contributed by atoms with Crippen LogP contribution in [0.3, 0.4) is 0 Å². The first kappa shape index (κ1) is 71.5. The van der Waals surface area contributed by atoms with E-state index in [2.05, 4.69) is 66.0 Å². The van der Waals surface area contributed by atoms with E-state index in [-0.39, 0.29) is 29.2 Å². The van der Waals surface area contributed by atoms with Gasteiger partial charge in [-0.25, -0.2) is 0 Å². The van der Waals surface area contributed by atoms with Crippen molar-refractivity contribution < 1.29 is 23.9 Å². The highest BCUT2D eigenvalue weighted by Crippen LogP contribution is 2.32. The first-order valence-electron chi connectivity index (χ1n) is 31.3. The number of rotatable bonds is 49. The van der Waals surface area contributed by atoms with E-state index in [1.807, 2.05) is 13.8 Å². The summed E-state index contributed by atoms with van der Waals surface area (Å²) < 4.78 is 12.3. The van der Waals surface area contributed by atoms with Crippen molar-refractivity contribution >= 4 is 17.5 Å². The molecule has 0 aliphatic carbocycles. The number of ketones is 2. The summed E-state index contributed by atoms with van der Waals surface area (Å²) in [6.45, 7) is 28.7. The Labute approximate surface area is 444 Å². The third kappa shape index (κ3) is 42.4. The summed E-state index contributed by atoms with van der Waals surface area (Å²) in [4.78, 5) is 39.8. The quantitative estimate of drug-likeness (QED) is 0.0368. The molecule has 0 aromatic carbocycles. The van der Waals surface area contributed by atoms with Gasteiger partial charge in [0, 0.05) is 43.4 Å². The minimum atomic E-state index is -0.214. The molecule has 1 aliphatic heterocycles. The molecule has 7 heteroatoms. The fraction of sp³-hybridized carbons (Fsp3) is 0.922. The third-order valence-corrected chi connectivity index (χ3v) is 15.6. The normalized spacial score (nSPS) is 15.3. The Bertz CT molecular complexity index is 1160. The molecule has 0 spiro atoms. The van der Waals surface area contributed by atoms with Crippen molar-refractivity contribution in [3.8, 4) is 0 Å². The summed E-state index contributed by atoms with van der Waals surface area (Å²) in [5, 5.41) is 0. The minimum Gasteiger partial charge on any atom is -0.462 e. The van der Waals surface area contributed by atoms with Crippen LogP contribution in [0.1, 0.15) is 313 Å². The van der Waals surface area contributed by atoms with Crippen LogP contribution in [0.5, 0.6) is 0 Å². The summed E-state index contributed by atoms with van der Waals surface area (Å²) in [7, 11) is 0. The molecule has 1 heterocycles. The fourth-order valence-corrected chi connectivity index (χ4v) is 10.3. The molecule has 0 radical (unpaired) electrons. The van der Waals surface area contributed by atoms with Gasteiger partial charge < -0.3 is 15.2 Å². The standard InChI is InChI=1S/C46H88N2O5.C16H32.C2H6/c1-7-9-11-13-16-22-28-43(29-23-17-14-12-10-8-2)53-45(51)30-24-18-15-21-27-35-52-38-42-36-41(39(3)44(50)31-33-47)37-48(42)34-26-20-19-25-32-46(5,6)40(4)49;1-4-7-10-13-16(14-11-8-5-2)15-12-9-6-3;1-2/h39,41-43H,7-38,47H2,1-6H3;4,16H,1,5-15H2,2-3H3;1-2H3/t39?,41-,42-;;/m0../s1. The summed E-state index contributed by atoms with van der Waals surface area (Å²) in [6.07, 6.45) is 47.7. The summed E-state index contributed by atoms with van der Waals surface area (Å²) in [5.74, 6) is 1.99. The predicted octanol–water partition coefficient (Wildman–Crippen LogP) is 18.7. The number of carbonyl (C=O) groups excluding carboxylic acids is 3. The van der Waals surface area contributed by atoms with Gasteiger partial charge in [0.1, 0.15) is 17.7 Å². The molecule has 0 aromatic rings. The molecule has 1 aliphatic rings. The van der Waals surface area contributed by atoms with Crippen molar-refractivity contribution in [2.75, 3.05) is 32.8 Å². The molecule has 7 nitrogen and oxygen atoms in total. The van der Waals surface area contributed by atoms with Crippen LogP contribution in [0.25, 0.3) is 0 Å². The Morgan fingerprint density at radius 2 is 1.13 bits per heavy atom. The van der Waals surface area contributed by atoms with Crippen LogP contribution in [-0.2, 0) is 23.9 Å². The van der Waals surface area contributed by atoms with Crippen molar-refractivity contribution in [3.63, 3.8) is 0 Å². The van der Waals surface area contributed by atoms with Crippen molar-refractivity contribution in [1.29, 1.82) is 0 Å². The summed E-state index contributed by atoms with van der Waals surface area (Å²) in [5.41, 5.74) is 5.49. The average Bonchev–Trinajstić information content (AvgIpc) is 3.77. The van der Waals surface area contributed by atoms with Crippen LogP contribution in [0, 0.1) is 23.2 Å². The zero-order valence-corrected chi connectivity index (χ0v) is 49.6. The lowest BCUT2D eigenvalue weighted by Crippen LogP contribution is -2.34. The molecular weight excluding hydrogens is 877 g/mol. The van der Waals surface area contributed by atoms with Crippen LogP contribution in [0.15, 0.2) is 12.7 Å². The summed E-state index contributed by atoms with van der Waals surface area (Å²) in [6, 6.07) is 0.363. The van der Waals surface area contributed by atoms with Gasteiger partial charge in [-0.1, -0.05) is 229 Å². The Hall–Kier alpha value is -1.57. The second-order valence-corrected chi connectivity index (χ2v) is 22.4. The lowest BCUT2D eigenvalue weighted by atomic mass is 9.83. The average molecular weight is 1000 g/mol. The molecule has 0 bridgehead atoms. The number of ether oxygens (including phenoxy) is 2. The molecular formula is C64H126N2O5. The predicted molar refractivity (Wildman–Crippen MR) is 310 cm³/mol. The van der Waals surface area contributed by atoms with Crippen LogP contribution >= 0.6 is 0 Å². The van der Waals surface area contributed by atoms with E-state index in [1.54, 1.807) is 6.92 Å². The number of carbonyl (C=O) groups is 3. The van der Waals surface area contributed by atoms with Gasteiger partial charge in [-0.3, -0.25) is 19.3 Å². The number of allylic oxidation sites excluding steroid dienone is 1. The molecule has 71 heavy (non-hydrogen) atoms. The maximum Gasteiger partial charge on any atom is 0.306 e. The van der Waals surface area contributed by atoms with Gasteiger partial charge >= 0.3 is 5.97 Å². The fourth-order valence-electron chi connectivity index (χ4n) is 10.3. The van der Waals surface area contributed by atoms with Gasteiger partial charge in [-0.05, 0) is 102 Å². The van der Waals surface area contributed by atoms with E-state index < -0.39 is 0 Å². The van der Waals surface area contributed by atoms with Crippen LogP contribution in [0.4, 0.5) is 0 Å². The number of likely N-dealkylation sites (tertiary alicyclic amines) is 1. The molecule has 2 N–H and O–H groups in total. The number of nitrogens with two attached hydrogens (primary N) is 1. The molecule has 0 aromatic heterocycles. The van der Waals surface area contributed by atoms with Crippen LogP contribution < -0.4 is 5.73 Å². The molecule has 1 fully saturated rings. The van der Waals surface area contributed by atoms with Crippen molar-refractivity contribution in [3.05, 3.63) is 12.7 Å². The Morgan fingerprint density at radius 1 is 0.648 bits per heavy atom. The van der Waals surface area contributed by atoms with Gasteiger partial charge in [0.25, 0.3) is 0 Å². The van der Waals surface area contributed by atoms with Crippen molar-refractivity contribution in [2.45, 2.75) is 325 Å². The van der Waals surface area contributed by atoms with Gasteiger partial charge in [-0.15, -0.1) is 6.58 Å². The van der Waals surface area contributed by atoms with E-state index in [1.165, 1.54) is 154 Å². The zero-order chi connectivity index (χ0) is 53.2. The van der Waals surface area contributed by atoms with Gasteiger partial charge in [0.2, 0.25) is 0 Å². The van der Waals surface area contributed by atoms with Crippen LogP contribution in [-0.4, -0.2) is 67.4 Å². The molecule has 0 saturated carbocycles. The highest BCUT2D eigenvalue weighted by Gasteiger charge is 2.36. The van der Waals surface area contributed by atoms with Crippen molar-refractivity contribution in [1.82, 2.24) is 4.90 Å². The topological polar surface area (TPSA) is 98.9 Å². The number of hydrogen-bond acceptors (Lipinski definition) is 7. The number of Topliss-reactive ketones (excluding diaryl/α,β-unsaturated/α-hetero) is 2. The third-order valence-electron chi connectivity index (χ3n) is 15.6. The molecule has 0 amide bonds. The Kier molecular flexibility index (Phi) is 52.3. The van der Waals surface area contributed by atoms with E-state index >= 15 is 0 Å². The molecule has 1 saturated heterocycles. The summed E-state index contributed by atoms with van der Waals surface area (Å²) >= 11 is 0. The molecule has 422 valence electrons. The van der Waals surface area contributed by atoms with Gasteiger partial charge in [0.15, 0.2) is 0 Å². The highest BCUT2D eigenvalue weighted by molar-refractivity contribution is 5.81. The van der Waals surface area contributed by atoms with E-state index in [4.69, 9.17) is 15.2 Å². The van der Waals surface area contributed by atoms with E-state index in [9.17, 15) is 14.4 Å². The minimum absolute atomic E-state index is 0.00527. The number of hydrogen-bond donors (Lipinski definition) is 1. The highest BCUT2D eigenvalue weighted by atomic mass is 16.5. The Balaban J connectivity index is 0. The lowest BCUT2D eigenvalue weighted by Gasteiger charge is -2.24. The zero-order valence-electron chi connectivity index (χ0n) is 49.6. The maximum atomic E-state index is 12.8. The first-order chi connectivity index (χ1) is 34.4.